The van der Waals surface area contributed by atoms with Gasteiger partial charge in [-0.3, -0.25) is 14.9 Å². The number of carbonyl (C=O) groups excluding carboxylic acids is 1. The van der Waals surface area contributed by atoms with Crippen LogP contribution in [-0.2, 0) is 4.79 Å². The Morgan fingerprint density at radius 1 is 1.31 bits per heavy atom. The minimum atomic E-state index is -0.731. The first-order valence-electron chi connectivity index (χ1n) is 7.20. The molecule has 132 valence electrons. The number of hydrogen-bond donors (Lipinski definition) is 2. The molecule has 2 aromatic carbocycles. The summed E-state index contributed by atoms with van der Waals surface area (Å²) in [6, 6.07) is 11.1. The summed E-state index contributed by atoms with van der Waals surface area (Å²) >= 11 is 8.13. The molecule has 0 aromatic heterocycles. The van der Waals surface area contributed by atoms with Gasteiger partial charge in [-0.1, -0.05) is 11.6 Å². The third-order valence-electron chi connectivity index (χ3n) is 3.33. The van der Waals surface area contributed by atoms with E-state index in [0.29, 0.717) is 0 Å². The number of nitrogens with zero attached hydrogens (tertiary/aromatic N) is 2. The fourth-order valence-corrected chi connectivity index (χ4v) is 2.81. The number of rotatable bonds is 5. The molecule has 2 rings (SSSR count). The predicted octanol–water partition coefficient (Wildman–Crippen LogP) is 4.62. The number of hydrogen-bond acceptors (Lipinski definition) is 5. The van der Waals surface area contributed by atoms with Gasteiger partial charge in [-0.15, -0.1) is 0 Å². The van der Waals surface area contributed by atoms with Crippen LogP contribution in [0.1, 0.15) is 5.56 Å². The lowest BCUT2D eigenvalue weighted by molar-refractivity contribution is -0.384. The summed E-state index contributed by atoms with van der Waals surface area (Å²) in [5.74, 6) is -0.731. The maximum absolute atomic E-state index is 12.3. The van der Waals surface area contributed by atoms with Crippen LogP contribution in [0.3, 0.4) is 0 Å². The lowest BCUT2D eigenvalue weighted by Gasteiger charge is -2.08. The number of amides is 1. The second-order valence-electron chi connectivity index (χ2n) is 5.15. The van der Waals surface area contributed by atoms with Crippen LogP contribution in [0.5, 0.6) is 0 Å². The van der Waals surface area contributed by atoms with Crippen molar-refractivity contribution in [1.82, 2.24) is 0 Å². The van der Waals surface area contributed by atoms with Crippen molar-refractivity contribution in [3.8, 4) is 6.07 Å². The van der Waals surface area contributed by atoms with Gasteiger partial charge < -0.3 is 10.6 Å². The minimum absolute atomic E-state index is 0.0532. The average Bonchev–Trinajstić information content (AvgIpc) is 2.58. The molecule has 0 spiro atoms. The van der Waals surface area contributed by atoms with Gasteiger partial charge >= 0.3 is 0 Å². The first-order chi connectivity index (χ1) is 12.3. The highest BCUT2D eigenvalue weighted by Crippen LogP contribution is 2.27. The minimum Gasteiger partial charge on any atom is -0.360 e. The maximum atomic E-state index is 12.3. The highest BCUT2D eigenvalue weighted by Gasteiger charge is 2.15. The molecule has 0 aliphatic carbocycles. The smallest absolute Gasteiger partial charge is 0.271 e. The molecule has 9 heteroatoms. The van der Waals surface area contributed by atoms with E-state index >= 15 is 0 Å². The fourth-order valence-electron chi connectivity index (χ4n) is 2.00. The molecule has 0 saturated heterocycles. The van der Waals surface area contributed by atoms with Gasteiger partial charge in [0.25, 0.3) is 11.6 Å². The van der Waals surface area contributed by atoms with Crippen molar-refractivity contribution in [2.24, 2.45) is 0 Å². The quantitative estimate of drug-likeness (QED) is 0.213. The molecular weight excluding hydrogens is 471 g/mol. The number of nitro groups is 1. The van der Waals surface area contributed by atoms with Crippen molar-refractivity contribution in [2.75, 3.05) is 10.6 Å². The van der Waals surface area contributed by atoms with Crippen molar-refractivity contribution in [3.63, 3.8) is 0 Å². The third-order valence-corrected chi connectivity index (χ3v) is 4.34. The molecular formula is C17H12ClIN4O3. The average molecular weight is 483 g/mol. The Labute approximate surface area is 167 Å². The zero-order valence-corrected chi connectivity index (χ0v) is 16.3. The van der Waals surface area contributed by atoms with Gasteiger partial charge in [-0.05, 0) is 59.3 Å². The third kappa shape index (κ3) is 4.93. The number of carbonyl (C=O) groups is 1. The highest BCUT2D eigenvalue weighted by molar-refractivity contribution is 14.1. The molecule has 2 N–H and O–H groups in total. The van der Waals surface area contributed by atoms with E-state index in [9.17, 15) is 20.2 Å². The number of nitro benzene ring substituents is 1. The molecule has 0 radical (unpaired) electrons. The lowest BCUT2D eigenvalue weighted by Crippen LogP contribution is -2.15. The number of anilines is 2. The number of halogens is 2. The number of non-ortho nitro benzene ring substituents is 1. The van der Waals surface area contributed by atoms with Crippen molar-refractivity contribution in [2.45, 2.75) is 6.92 Å². The molecule has 0 aliphatic rings. The highest BCUT2D eigenvalue weighted by atomic mass is 127. The van der Waals surface area contributed by atoms with Gasteiger partial charge in [0.2, 0.25) is 0 Å². The molecule has 7 nitrogen and oxygen atoms in total. The number of nitrogens with one attached hydrogen (secondary N) is 2. The normalized spacial score (nSPS) is 10.8. The van der Waals surface area contributed by atoms with Crippen LogP contribution >= 0.6 is 34.2 Å². The van der Waals surface area contributed by atoms with Crippen molar-refractivity contribution in [1.29, 1.82) is 5.26 Å². The second-order valence-corrected chi connectivity index (χ2v) is 6.80. The summed E-state index contributed by atoms with van der Waals surface area (Å²) in [6.45, 7) is 1.90. The largest absolute Gasteiger partial charge is 0.360 e. The molecule has 0 heterocycles. The zero-order valence-electron chi connectivity index (χ0n) is 13.4. The van der Waals surface area contributed by atoms with Gasteiger partial charge in [-0.25, -0.2) is 0 Å². The Balaban J connectivity index is 2.20. The Kier molecular flexibility index (Phi) is 6.54. The molecule has 1 amide bonds. The first kappa shape index (κ1) is 19.7. The molecule has 0 saturated carbocycles. The van der Waals surface area contributed by atoms with Crippen LogP contribution < -0.4 is 10.6 Å². The van der Waals surface area contributed by atoms with Gasteiger partial charge in [0, 0.05) is 27.6 Å². The Morgan fingerprint density at radius 3 is 2.65 bits per heavy atom. The molecule has 0 unspecified atom stereocenters. The predicted molar refractivity (Wildman–Crippen MR) is 108 cm³/mol. The number of nitriles is 1. The van der Waals surface area contributed by atoms with Crippen molar-refractivity contribution >= 4 is 57.2 Å². The van der Waals surface area contributed by atoms with E-state index in [1.165, 1.54) is 18.3 Å². The van der Waals surface area contributed by atoms with Crippen LogP contribution in [0.15, 0.2) is 48.2 Å². The van der Waals surface area contributed by atoms with Gasteiger partial charge in [0.1, 0.15) is 11.6 Å². The SMILES string of the molecule is Cc1cc(I)ccc1N/C=C(/C#N)C(=O)Nc1cc([N+](=O)[O-])ccc1Cl. The maximum Gasteiger partial charge on any atom is 0.271 e. The Bertz CT molecular complexity index is 954. The van der Waals surface area contributed by atoms with E-state index < -0.39 is 10.8 Å². The van der Waals surface area contributed by atoms with E-state index in [0.717, 1.165) is 20.9 Å². The summed E-state index contributed by atoms with van der Waals surface area (Å²) in [4.78, 5) is 22.5. The monoisotopic (exact) mass is 482 g/mol. The van der Waals surface area contributed by atoms with Crippen molar-refractivity contribution < 1.29 is 9.72 Å². The standard InChI is InChI=1S/C17H12ClIN4O3/c1-10-6-12(19)2-5-15(10)21-9-11(8-20)17(24)22-16-7-13(23(25)26)3-4-14(16)18/h2-7,9,21H,1H3,(H,22,24)/b11-9-. The summed E-state index contributed by atoms with van der Waals surface area (Å²) < 4.78 is 1.06. The molecule has 0 atom stereocenters. The number of aryl methyl sites for hydroxylation is 1. The van der Waals surface area contributed by atoms with E-state index in [-0.39, 0.29) is 22.0 Å². The fraction of sp³-hybridized carbons (Fsp3) is 0.0588. The van der Waals surface area contributed by atoms with E-state index in [1.807, 2.05) is 25.1 Å². The second kappa shape index (κ2) is 8.64. The molecule has 2 aromatic rings. The lowest BCUT2D eigenvalue weighted by atomic mass is 10.2. The summed E-state index contributed by atoms with van der Waals surface area (Å²) in [5, 5.41) is 25.5. The van der Waals surface area contributed by atoms with E-state index in [2.05, 4.69) is 33.2 Å². The summed E-state index contributed by atoms with van der Waals surface area (Å²) in [6.07, 6.45) is 1.27. The van der Waals surface area contributed by atoms with Crippen LogP contribution in [-0.4, -0.2) is 10.8 Å². The summed E-state index contributed by atoms with van der Waals surface area (Å²) in [7, 11) is 0. The molecule has 0 bridgehead atoms. The first-order valence-corrected chi connectivity index (χ1v) is 8.65. The zero-order chi connectivity index (χ0) is 19.3. The van der Waals surface area contributed by atoms with E-state index in [1.54, 1.807) is 6.07 Å². The van der Waals surface area contributed by atoms with Gasteiger partial charge in [0.05, 0.1) is 15.6 Å². The van der Waals surface area contributed by atoms with Crippen LogP contribution in [0.4, 0.5) is 17.1 Å². The molecule has 26 heavy (non-hydrogen) atoms. The Morgan fingerprint density at radius 2 is 2.04 bits per heavy atom. The van der Waals surface area contributed by atoms with Crippen LogP contribution in [0.25, 0.3) is 0 Å². The molecule has 0 fully saturated rings. The van der Waals surface area contributed by atoms with Crippen LogP contribution in [0, 0.1) is 31.9 Å². The van der Waals surface area contributed by atoms with Gasteiger partial charge in [0.15, 0.2) is 0 Å². The van der Waals surface area contributed by atoms with E-state index in [4.69, 9.17) is 11.6 Å². The Hall–Kier alpha value is -2.64. The van der Waals surface area contributed by atoms with Crippen LogP contribution in [0.2, 0.25) is 5.02 Å². The van der Waals surface area contributed by atoms with Gasteiger partial charge in [-0.2, -0.15) is 5.26 Å². The van der Waals surface area contributed by atoms with Crippen molar-refractivity contribution in [3.05, 3.63) is 72.4 Å². The topological polar surface area (TPSA) is 108 Å². The molecule has 0 aliphatic heterocycles. The number of benzene rings is 2. The summed E-state index contributed by atoms with van der Waals surface area (Å²) in [5.41, 5.74) is 1.33.